The van der Waals surface area contributed by atoms with Gasteiger partial charge in [-0.2, -0.15) is 0 Å². The first kappa shape index (κ1) is 18.8. The lowest BCUT2D eigenvalue weighted by Crippen LogP contribution is -1.91. The van der Waals surface area contributed by atoms with E-state index < -0.39 is 59.5 Å². The predicted molar refractivity (Wildman–Crippen MR) is 208 cm³/mol. The Kier molecular flexibility index (Phi) is 4.25. The number of benzene rings is 9. The van der Waals surface area contributed by atoms with Crippen LogP contribution in [-0.4, -0.2) is 0 Å². The van der Waals surface area contributed by atoms with Crippen LogP contribution in [0, 0.1) is 0 Å². The number of hydrogen-bond acceptors (Lipinski definition) is 1. The summed E-state index contributed by atoms with van der Waals surface area (Å²) in [5.41, 5.74) is 3.46. The topological polar surface area (TPSA) is 13.1 Å². The quantitative estimate of drug-likeness (QED) is 0.176. The maximum Gasteiger partial charge on any atom is 0.136 e. The van der Waals surface area contributed by atoms with E-state index >= 15 is 0 Å². The Hall–Kier alpha value is -6.44. The van der Waals surface area contributed by atoms with Crippen molar-refractivity contribution in [1.29, 1.82) is 0 Å². The fourth-order valence-corrected chi connectivity index (χ4v) is 7.04. The van der Waals surface area contributed by atoms with E-state index in [0.717, 1.165) is 54.6 Å². The highest BCUT2D eigenvalue weighted by Crippen LogP contribution is 2.45. The second-order valence-electron chi connectivity index (χ2n) is 12.0. The normalized spacial score (nSPS) is 14.8. The number of furan rings is 1. The molecule has 0 saturated heterocycles. The van der Waals surface area contributed by atoms with Crippen LogP contribution in [0.5, 0.6) is 0 Å². The van der Waals surface area contributed by atoms with E-state index in [1.165, 1.54) is 0 Å². The smallest absolute Gasteiger partial charge is 0.136 e. The molecule has 0 radical (unpaired) electrons. The first-order chi connectivity index (χ1) is 28.9. The average molecular weight is 634 g/mol. The van der Waals surface area contributed by atoms with Crippen molar-refractivity contribution >= 4 is 54.3 Å². The van der Waals surface area contributed by atoms with E-state index in [4.69, 9.17) is 14.0 Å². The lowest BCUT2D eigenvalue weighted by Gasteiger charge is -2.18. The fraction of sp³-hybridized carbons (Fsp3) is 0. The van der Waals surface area contributed by atoms with E-state index in [1.807, 2.05) is 66.7 Å². The molecule has 9 aromatic carbocycles. The van der Waals surface area contributed by atoms with Gasteiger partial charge in [0.1, 0.15) is 11.2 Å². The molecule has 1 heteroatoms. The van der Waals surface area contributed by atoms with Crippen molar-refractivity contribution in [3.63, 3.8) is 0 Å². The molecule has 0 N–H and O–H groups in total. The Bertz CT molecular complexity index is 3430. The van der Waals surface area contributed by atoms with Gasteiger partial charge in [0.25, 0.3) is 0 Å². The number of rotatable bonds is 4. The molecule has 0 atom stereocenters. The summed E-state index contributed by atoms with van der Waals surface area (Å²) in [7, 11) is 0. The molecule has 1 aromatic heterocycles. The minimum Gasteiger partial charge on any atom is -0.456 e. The Morgan fingerprint density at radius 3 is 1.59 bits per heavy atom. The Balaban J connectivity index is 1.25. The molecule has 0 amide bonds. The third-order valence-electron chi connectivity index (χ3n) is 9.19. The van der Waals surface area contributed by atoms with Crippen molar-refractivity contribution in [3.05, 3.63) is 182 Å². The Labute approximate surface area is 299 Å². The van der Waals surface area contributed by atoms with Crippen molar-refractivity contribution in [3.8, 4) is 44.5 Å². The molecule has 49 heavy (non-hydrogen) atoms. The Morgan fingerprint density at radius 1 is 0.367 bits per heavy atom. The molecule has 10 rings (SSSR count). The van der Waals surface area contributed by atoms with Gasteiger partial charge in [0.05, 0.1) is 15.1 Å². The van der Waals surface area contributed by atoms with Crippen molar-refractivity contribution < 1.29 is 19.5 Å². The molecule has 0 aliphatic carbocycles. The number of fused-ring (bicyclic) bond motifs is 6. The van der Waals surface area contributed by atoms with E-state index in [2.05, 4.69) is 48.5 Å². The molecular formula is C48H30O. The molecular weight excluding hydrogens is 593 g/mol. The molecule has 0 saturated carbocycles. The highest BCUT2D eigenvalue weighted by atomic mass is 16.3. The predicted octanol–water partition coefficient (Wildman–Crippen LogP) is 13.7. The summed E-state index contributed by atoms with van der Waals surface area (Å²) in [5.74, 6) is 0. The summed E-state index contributed by atoms with van der Waals surface area (Å²) in [5, 5.41) is 5.25. The molecule has 1 nitrogen and oxygen atoms in total. The van der Waals surface area contributed by atoms with Crippen LogP contribution >= 0.6 is 0 Å². The monoisotopic (exact) mass is 633 g/mol. The maximum atomic E-state index is 9.67. The van der Waals surface area contributed by atoms with Crippen molar-refractivity contribution in [2.75, 3.05) is 0 Å². The zero-order valence-electron chi connectivity index (χ0n) is 36.9. The average Bonchev–Trinajstić information content (AvgIpc) is 3.69. The molecule has 0 aliphatic heterocycles. The van der Waals surface area contributed by atoms with E-state index in [0.29, 0.717) is 5.56 Å². The third kappa shape index (κ3) is 4.47. The van der Waals surface area contributed by atoms with Gasteiger partial charge in [-0.15, -0.1) is 0 Å². The largest absolute Gasteiger partial charge is 0.456 e. The molecule has 0 bridgehead atoms. The van der Waals surface area contributed by atoms with Crippen LogP contribution in [0.1, 0.15) is 15.1 Å². The van der Waals surface area contributed by atoms with Crippen LogP contribution in [0.3, 0.4) is 0 Å². The van der Waals surface area contributed by atoms with Crippen molar-refractivity contribution in [2.24, 2.45) is 0 Å². The van der Waals surface area contributed by atoms with Crippen LogP contribution in [-0.2, 0) is 0 Å². The van der Waals surface area contributed by atoms with Gasteiger partial charge < -0.3 is 4.42 Å². The first-order valence-electron chi connectivity index (χ1n) is 21.5. The SMILES string of the molecule is [2H]c1c([2H])c([2H])c(-c2c([2H])c([2H])c3c(oc4c([2H])c(-c5c6ccccc6c(-c6cccc(-c7cccc8ccccc78)c6)c6ccccc56)c([2H])c([2H])c43)c2[2H])c([2H])c1[2H]. The second-order valence-corrected chi connectivity index (χ2v) is 12.0. The van der Waals surface area contributed by atoms with Crippen molar-refractivity contribution in [1.82, 2.24) is 0 Å². The standard InChI is InChI=1S/C48H30O/c1-2-12-31(13-3-1)33-24-26-39-40-27-25-36(30-46(40)49-45(39)29-33)48-43-21-8-6-19-41(43)47(42-20-7-9-22-44(42)48)35-17-10-16-34(28-35)38-23-11-15-32-14-4-5-18-37(32)38/h1-30H/i1D,2D,3D,12D,13D,24D,25D,26D,27D,29D,30D. The number of hydrogen-bond donors (Lipinski definition) is 0. The molecule has 0 fully saturated rings. The first-order valence-corrected chi connectivity index (χ1v) is 16.0. The highest BCUT2D eigenvalue weighted by molar-refractivity contribution is 6.22. The van der Waals surface area contributed by atoms with Gasteiger partial charge in [0.2, 0.25) is 0 Å². The fourth-order valence-electron chi connectivity index (χ4n) is 7.04. The van der Waals surface area contributed by atoms with Crippen molar-refractivity contribution in [2.45, 2.75) is 0 Å². The van der Waals surface area contributed by atoms with Gasteiger partial charge in [0, 0.05) is 10.8 Å². The third-order valence-corrected chi connectivity index (χ3v) is 9.19. The van der Waals surface area contributed by atoms with Gasteiger partial charge in [-0.3, -0.25) is 0 Å². The molecule has 0 spiro atoms. The lowest BCUT2D eigenvalue weighted by atomic mass is 9.85. The maximum absolute atomic E-state index is 9.67. The second kappa shape index (κ2) is 11.1. The Morgan fingerprint density at radius 2 is 0.898 bits per heavy atom. The van der Waals surface area contributed by atoms with Gasteiger partial charge in [0.15, 0.2) is 0 Å². The molecule has 10 aromatic rings. The zero-order valence-corrected chi connectivity index (χ0v) is 25.9. The molecule has 0 aliphatic rings. The van der Waals surface area contributed by atoms with E-state index in [-0.39, 0.29) is 45.6 Å². The summed E-state index contributed by atoms with van der Waals surface area (Å²) in [4.78, 5) is 0. The summed E-state index contributed by atoms with van der Waals surface area (Å²) in [6, 6.07) is 32.7. The highest BCUT2D eigenvalue weighted by Gasteiger charge is 2.18. The minimum absolute atomic E-state index is 0.0844. The van der Waals surface area contributed by atoms with E-state index in [1.54, 1.807) is 0 Å². The van der Waals surface area contributed by atoms with Crippen LogP contribution < -0.4 is 0 Å². The summed E-state index contributed by atoms with van der Waals surface area (Å²) < 4.78 is 103. The zero-order chi connectivity index (χ0) is 41.9. The van der Waals surface area contributed by atoms with Gasteiger partial charge >= 0.3 is 0 Å². The van der Waals surface area contributed by atoms with Crippen LogP contribution in [0.25, 0.3) is 98.8 Å². The molecule has 0 unspecified atom stereocenters. The van der Waals surface area contributed by atoms with Gasteiger partial charge in [-0.05, 0) is 107 Å². The van der Waals surface area contributed by atoms with Crippen LogP contribution in [0.2, 0.25) is 0 Å². The van der Waals surface area contributed by atoms with Gasteiger partial charge in [-0.1, -0.05) is 151 Å². The van der Waals surface area contributed by atoms with E-state index in [9.17, 15) is 5.48 Å². The summed E-state index contributed by atoms with van der Waals surface area (Å²) >= 11 is 0. The summed E-state index contributed by atoms with van der Waals surface area (Å²) in [6.45, 7) is 0. The minimum atomic E-state index is -0.658. The summed E-state index contributed by atoms with van der Waals surface area (Å²) in [6.07, 6.45) is 0. The van der Waals surface area contributed by atoms with Crippen LogP contribution in [0.4, 0.5) is 0 Å². The molecule has 228 valence electrons. The van der Waals surface area contributed by atoms with Crippen LogP contribution in [0.15, 0.2) is 186 Å². The molecule has 1 heterocycles. The lowest BCUT2D eigenvalue weighted by molar-refractivity contribution is 0.669. The van der Waals surface area contributed by atoms with Gasteiger partial charge in [-0.25, -0.2) is 0 Å².